The monoisotopic (exact) mass is 481 g/mol. The molecule has 164 valence electrons. The molecule has 1 aliphatic rings. The molecule has 0 aliphatic carbocycles. The predicted octanol–water partition coefficient (Wildman–Crippen LogP) is 5.19. The van der Waals surface area contributed by atoms with Crippen molar-refractivity contribution in [1.82, 2.24) is 4.98 Å². The number of thiazole rings is 1. The first-order chi connectivity index (χ1) is 15.8. The van der Waals surface area contributed by atoms with Gasteiger partial charge in [-0.2, -0.15) is 0 Å². The number of aromatic nitrogens is 1. The van der Waals surface area contributed by atoms with Crippen LogP contribution in [0.5, 0.6) is 0 Å². The Kier molecular flexibility index (Phi) is 4.99. The number of halogens is 1. The Morgan fingerprint density at radius 1 is 1.18 bits per heavy atom. The van der Waals surface area contributed by atoms with E-state index in [2.05, 4.69) is 4.98 Å². The summed E-state index contributed by atoms with van der Waals surface area (Å²) in [5, 5.41) is 23.9. The molecule has 0 spiro atoms. The smallest absolute Gasteiger partial charge is 0.296 e. The van der Waals surface area contributed by atoms with Crippen LogP contribution in [0, 0.1) is 15.9 Å². The van der Waals surface area contributed by atoms with Gasteiger partial charge in [0, 0.05) is 12.1 Å². The Labute approximate surface area is 193 Å². The highest BCUT2D eigenvalue weighted by atomic mass is 32.1. The van der Waals surface area contributed by atoms with Gasteiger partial charge in [0.15, 0.2) is 10.9 Å². The van der Waals surface area contributed by atoms with Gasteiger partial charge in [-0.25, -0.2) is 9.37 Å². The molecule has 33 heavy (non-hydrogen) atoms. The second kappa shape index (κ2) is 7.87. The summed E-state index contributed by atoms with van der Waals surface area (Å²) < 4.78 is 14.2. The zero-order chi connectivity index (χ0) is 23.3. The molecule has 0 unspecified atom stereocenters. The average molecular weight is 481 g/mol. The number of non-ortho nitro benzene ring substituents is 1. The van der Waals surface area contributed by atoms with E-state index in [0.29, 0.717) is 15.1 Å². The van der Waals surface area contributed by atoms with E-state index >= 15 is 0 Å². The number of nitrogens with zero attached hydrogens (tertiary/aromatic N) is 3. The fourth-order valence-corrected chi connectivity index (χ4v) is 5.38. The van der Waals surface area contributed by atoms with Crippen LogP contribution >= 0.6 is 22.7 Å². The fourth-order valence-electron chi connectivity index (χ4n) is 3.69. The molecule has 1 N–H and O–H groups in total. The Balaban J connectivity index is 1.70. The highest BCUT2D eigenvalue weighted by Crippen LogP contribution is 2.45. The number of carbonyl (C=O) groups is 2. The molecule has 3 heterocycles. The number of aliphatic hydroxyl groups excluding tert-OH is 1. The van der Waals surface area contributed by atoms with Gasteiger partial charge < -0.3 is 5.11 Å². The zero-order valence-electron chi connectivity index (χ0n) is 16.5. The molecule has 0 radical (unpaired) electrons. The van der Waals surface area contributed by atoms with Gasteiger partial charge >= 0.3 is 0 Å². The first-order valence-corrected chi connectivity index (χ1v) is 11.2. The van der Waals surface area contributed by atoms with Crippen molar-refractivity contribution < 1.29 is 24.0 Å². The molecular formula is C22H12FN3O5S2. The van der Waals surface area contributed by atoms with E-state index < -0.39 is 34.2 Å². The molecule has 0 fully saturated rings. The standard InChI is InChI=1S/C22H12FN3O5S2/c23-12-6-7-14-16(10-12)33-22(24-14)25-18(11-3-1-4-13(9-11)26(30)31)17(20(28)21(25)29)19(27)15-5-2-8-32-15/h1-10,18,28H/t18-/m1/s1. The maximum absolute atomic E-state index is 13.7. The number of thiophene rings is 1. The van der Waals surface area contributed by atoms with Crippen molar-refractivity contribution in [3.05, 3.63) is 97.7 Å². The second-order valence-corrected chi connectivity index (χ2v) is 9.06. The summed E-state index contributed by atoms with van der Waals surface area (Å²) in [5.74, 6) is -2.67. The van der Waals surface area contributed by atoms with Crippen LogP contribution in [0.3, 0.4) is 0 Å². The maximum atomic E-state index is 13.7. The number of hydrogen-bond acceptors (Lipinski definition) is 8. The van der Waals surface area contributed by atoms with Crippen LogP contribution in [-0.2, 0) is 4.79 Å². The number of amides is 1. The minimum Gasteiger partial charge on any atom is -0.503 e. The normalized spacial score (nSPS) is 16.1. The van der Waals surface area contributed by atoms with Crippen molar-refractivity contribution in [3.8, 4) is 0 Å². The molecule has 2 aromatic heterocycles. The second-order valence-electron chi connectivity index (χ2n) is 7.11. The number of hydrogen-bond donors (Lipinski definition) is 1. The van der Waals surface area contributed by atoms with Gasteiger partial charge in [0.2, 0.25) is 5.78 Å². The van der Waals surface area contributed by atoms with E-state index in [-0.39, 0.29) is 22.0 Å². The third-order valence-corrected chi connectivity index (χ3v) is 7.03. The number of aliphatic hydroxyl groups is 1. The summed E-state index contributed by atoms with van der Waals surface area (Å²) in [6.45, 7) is 0. The number of fused-ring (bicyclic) bond motifs is 1. The molecule has 1 amide bonds. The lowest BCUT2D eigenvalue weighted by molar-refractivity contribution is -0.384. The maximum Gasteiger partial charge on any atom is 0.296 e. The third kappa shape index (κ3) is 3.47. The SMILES string of the molecule is O=C(C1=C(O)C(=O)N(c2nc3ccc(F)cc3s2)[C@@H]1c1cccc([N+](=O)[O-])c1)c1cccs1. The topological polar surface area (TPSA) is 114 Å². The number of rotatable bonds is 5. The minimum atomic E-state index is -1.16. The summed E-state index contributed by atoms with van der Waals surface area (Å²) in [5.41, 5.74) is 0.250. The van der Waals surface area contributed by atoms with Gasteiger partial charge in [0.25, 0.3) is 11.6 Å². The molecule has 1 atom stereocenters. The molecule has 1 aliphatic heterocycles. The number of benzene rings is 2. The van der Waals surface area contributed by atoms with Crippen LogP contribution in [-0.4, -0.2) is 26.7 Å². The number of anilines is 1. The number of ketones is 1. The van der Waals surface area contributed by atoms with Gasteiger partial charge in [0.1, 0.15) is 5.82 Å². The van der Waals surface area contributed by atoms with Gasteiger partial charge in [-0.05, 0) is 35.2 Å². The Morgan fingerprint density at radius 3 is 2.73 bits per heavy atom. The van der Waals surface area contributed by atoms with E-state index in [9.17, 15) is 29.2 Å². The van der Waals surface area contributed by atoms with Crippen molar-refractivity contribution in [2.75, 3.05) is 4.90 Å². The van der Waals surface area contributed by atoms with Crippen LogP contribution in [0.15, 0.2) is 71.3 Å². The zero-order valence-corrected chi connectivity index (χ0v) is 18.1. The van der Waals surface area contributed by atoms with Crippen LogP contribution in [0.25, 0.3) is 10.2 Å². The van der Waals surface area contributed by atoms with Crippen LogP contribution in [0.2, 0.25) is 0 Å². The van der Waals surface area contributed by atoms with Crippen molar-refractivity contribution >= 4 is 55.4 Å². The largest absolute Gasteiger partial charge is 0.503 e. The van der Waals surface area contributed by atoms with Crippen LogP contribution in [0.4, 0.5) is 15.2 Å². The Morgan fingerprint density at radius 2 is 2.00 bits per heavy atom. The highest BCUT2D eigenvalue weighted by Gasteiger charge is 2.46. The molecule has 0 saturated heterocycles. The third-order valence-electron chi connectivity index (χ3n) is 5.14. The van der Waals surface area contributed by atoms with Crippen molar-refractivity contribution in [2.45, 2.75) is 6.04 Å². The van der Waals surface area contributed by atoms with Crippen LogP contribution in [0.1, 0.15) is 21.3 Å². The molecule has 2 aromatic carbocycles. The lowest BCUT2D eigenvalue weighted by Gasteiger charge is -2.24. The molecular weight excluding hydrogens is 469 g/mol. The van der Waals surface area contributed by atoms with Gasteiger partial charge in [-0.1, -0.05) is 29.5 Å². The van der Waals surface area contributed by atoms with Crippen molar-refractivity contribution in [2.24, 2.45) is 0 Å². The van der Waals surface area contributed by atoms with Gasteiger partial charge in [-0.3, -0.25) is 24.6 Å². The summed E-state index contributed by atoms with van der Waals surface area (Å²) in [6.07, 6.45) is 0. The van der Waals surface area contributed by atoms with E-state index in [1.54, 1.807) is 17.5 Å². The number of Topliss-reactive ketones (excluding diaryl/α,β-unsaturated/α-hetero) is 1. The molecule has 0 bridgehead atoms. The van der Waals surface area contributed by atoms with Crippen LogP contribution < -0.4 is 4.90 Å². The van der Waals surface area contributed by atoms with Gasteiger partial charge in [0.05, 0.1) is 31.6 Å². The minimum absolute atomic E-state index is 0.123. The van der Waals surface area contributed by atoms with E-state index in [4.69, 9.17) is 0 Å². The summed E-state index contributed by atoms with van der Waals surface area (Å²) in [4.78, 5) is 43.0. The molecule has 8 nitrogen and oxygen atoms in total. The molecule has 5 rings (SSSR count). The predicted molar refractivity (Wildman–Crippen MR) is 121 cm³/mol. The lowest BCUT2D eigenvalue weighted by atomic mass is 9.95. The van der Waals surface area contributed by atoms with Crippen molar-refractivity contribution in [3.63, 3.8) is 0 Å². The first kappa shape index (κ1) is 20.9. The Hall–Kier alpha value is -3.96. The number of nitro benzene ring substituents is 1. The summed E-state index contributed by atoms with van der Waals surface area (Å²) in [7, 11) is 0. The molecule has 0 saturated carbocycles. The molecule has 4 aromatic rings. The highest BCUT2D eigenvalue weighted by molar-refractivity contribution is 7.22. The quantitative estimate of drug-likeness (QED) is 0.238. The van der Waals surface area contributed by atoms with E-state index in [0.717, 1.165) is 27.6 Å². The summed E-state index contributed by atoms with van der Waals surface area (Å²) in [6, 6.07) is 11.5. The number of carbonyl (C=O) groups excluding carboxylic acids is 2. The molecule has 11 heteroatoms. The Bertz CT molecular complexity index is 1480. The van der Waals surface area contributed by atoms with Crippen molar-refractivity contribution in [1.29, 1.82) is 0 Å². The summed E-state index contributed by atoms with van der Waals surface area (Å²) >= 11 is 2.15. The van der Waals surface area contributed by atoms with Gasteiger partial charge in [-0.15, -0.1) is 11.3 Å². The lowest BCUT2D eigenvalue weighted by Crippen LogP contribution is -2.31. The van der Waals surface area contributed by atoms with E-state index in [1.807, 2.05) is 0 Å². The first-order valence-electron chi connectivity index (χ1n) is 9.50. The van der Waals surface area contributed by atoms with E-state index in [1.165, 1.54) is 42.5 Å². The fraction of sp³-hybridized carbons (Fsp3) is 0.0455. The number of nitro groups is 1. The average Bonchev–Trinajstić information content (AvgIpc) is 3.52.